The Balaban J connectivity index is 1.84. The van der Waals surface area contributed by atoms with Crippen LogP contribution in [0.2, 0.25) is 0 Å². The number of nitrogens with two attached hydrogens (primary N) is 1. The number of hydrogen-bond donors (Lipinski definition) is 3. The number of anilines is 2. The zero-order chi connectivity index (χ0) is 26.0. The van der Waals surface area contributed by atoms with Crippen LogP contribution in [0, 0.1) is 25.1 Å². The van der Waals surface area contributed by atoms with Crippen LogP contribution in [0.3, 0.4) is 0 Å². The quantitative estimate of drug-likeness (QED) is 0.194. The molecule has 7 nitrogen and oxygen atoms in total. The van der Waals surface area contributed by atoms with Gasteiger partial charge in [-0.25, -0.2) is 9.37 Å². The number of H-pyrrole nitrogens is 1. The van der Waals surface area contributed by atoms with Crippen LogP contribution in [-0.4, -0.2) is 28.5 Å². The van der Waals surface area contributed by atoms with Gasteiger partial charge in [0.1, 0.15) is 11.6 Å². The summed E-state index contributed by atoms with van der Waals surface area (Å²) in [4.78, 5) is 10.2. The molecule has 0 amide bonds. The predicted octanol–water partition coefficient (Wildman–Crippen LogP) is 6.13. The number of nitrogen functional groups attached to an aromatic ring is 1. The number of nitrogens with one attached hydrogen (secondary N) is 2. The van der Waals surface area contributed by atoms with Crippen molar-refractivity contribution in [2.45, 2.75) is 47.3 Å². The summed E-state index contributed by atoms with van der Waals surface area (Å²) in [7, 11) is 0. The van der Waals surface area contributed by atoms with E-state index in [4.69, 9.17) is 25.6 Å². The van der Waals surface area contributed by atoms with Crippen LogP contribution in [0.1, 0.15) is 43.0 Å². The topological polar surface area (TPSA) is 100 Å². The van der Waals surface area contributed by atoms with Crippen LogP contribution >= 0.6 is 0 Å². The average Bonchev–Trinajstić information content (AvgIpc) is 3.24. The van der Waals surface area contributed by atoms with E-state index in [1.807, 2.05) is 57.7 Å². The molecule has 8 heteroatoms. The number of nitrogens with zero attached hydrogens (tertiary/aromatic N) is 2. The molecule has 0 saturated heterocycles. The highest BCUT2D eigenvalue weighted by Crippen LogP contribution is 2.34. The Morgan fingerprint density at radius 3 is 2.50 bits per heavy atom. The molecule has 0 aliphatic heterocycles. The highest BCUT2D eigenvalue weighted by molar-refractivity contribution is 5.95. The van der Waals surface area contributed by atoms with Gasteiger partial charge in [-0.15, -0.1) is 0 Å². The van der Waals surface area contributed by atoms with Crippen molar-refractivity contribution in [3.8, 4) is 11.5 Å². The minimum atomic E-state index is -0.444. The molecule has 4 rings (SSSR count). The monoisotopic (exact) mass is 489 g/mol. The maximum atomic E-state index is 15.7. The number of fused-ring (bicyclic) bond motifs is 1. The van der Waals surface area contributed by atoms with E-state index in [9.17, 15) is 0 Å². The molecule has 188 valence electrons. The molecule has 0 aliphatic carbocycles. The number of hydrogen-bond acceptors (Lipinski definition) is 5. The van der Waals surface area contributed by atoms with Gasteiger partial charge in [-0.3, -0.25) is 5.41 Å². The molecule has 1 heterocycles. The summed E-state index contributed by atoms with van der Waals surface area (Å²) in [5, 5.41) is 7.71. The smallest absolute Gasteiger partial charge is 0.208 e. The molecule has 0 aliphatic rings. The fourth-order valence-corrected chi connectivity index (χ4v) is 4.20. The number of aromatic amines is 1. The zero-order valence-corrected chi connectivity index (χ0v) is 21.3. The van der Waals surface area contributed by atoms with Gasteiger partial charge in [-0.1, -0.05) is 6.07 Å². The van der Waals surface area contributed by atoms with Crippen LogP contribution in [0.5, 0.6) is 11.5 Å². The van der Waals surface area contributed by atoms with E-state index in [-0.39, 0.29) is 24.2 Å². The molecule has 0 atom stereocenters. The van der Waals surface area contributed by atoms with Crippen molar-refractivity contribution >= 4 is 28.5 Å². The lowest BCUT2D eigenvalue weighted by atomic mass is 10.1. The number of aryl methyl sites for hydroxylation is 2. The number of benzene rings is 3. The molecule has 0 bridgehead atoms. The molecule has 0 radical (unpaired) electrons. The fourth-order valence-electron chi connectivity index (χ4n) is 4.20. The Hall–Kier alpha value is -4.07. The van der Waals surface area contributed by atoms with Crippen molar-refractivity contribution in [3.63, 3.8) is 0 Å². The number of amidine groups is 1. The van der Waals surface area contributed by atoms with Crippen LogP contribution in [0.25, 0.3) is 11.0 Å². The number of ether oxygens (including phenoxy) is 2. The first-order chi connectivity index (χ1) is 17.2. The summed E-state index contributed by atoms with van der Waals surface area (Å²) in [6, 6.07) is 14.6. The number of aromatic nitrogens is 2. The van der Waals surface area contributed by atoms with E-state index in [0.717, 1.165) is 27.8 Å². The Labute approximate surface area is 210 Å². The standard InChI is InChI=1S/C28H32FN5O2/c1-6-35-22-13-20(25(29)24(14-22)36-16(2)3)15-34(21-9-7-19(8-10-21)27(30)31)28-32-23-12-17(4)11-18(5)26(23)33-28/h7-14,16H,6,15H2,1-5H3,(H3,30,31)(H,32,33). The van der Waals surface area contributed by atoms with E-state index in [2.05, 4.69) is 11.1 Å². The molecule has 4 aromatic rings. The molecule has 0 fully saturated rings. The maximum Gasteiger partial charge on any atom is 0.208 e. The second-order valence-electron chi connectivity index (χ2n) is 9.08. The third-order valence-corrected chi connectivity index (χ3v) is 5.74. The van der Waals surface area contributed by atoms with Gasteiger partial charge in [-0.05, 0) is 82.1 Å². The largest absolute Gasteiger partial charge is 0.494 e. The first-order valence-electron chi connectivity index (χ1n) is 12.0. The molecule has 0 spiro atoms. The summed E-state index contributed by atoms with van der Waals surface area (Å²) in [5.74, 6) is 0.790. The molecular formula is C28H32FN5O2. The number of halogens is 1. The van der Waals surface area contributed by atoms with Crippen molar-refractivity contribution in [3.05, 3.63) is 76.6 Å². The third-order valence-electron chi connectivity index (χ3n) is 5.74. The number of rotatable bonds is 9. The Morgan fingerprint density at radius 1 is 1.14 bits per heavy atom. The van der Waals surface area contributed by atoms with Crippen LogP contribution < -0.4 is 20.1 Å². The zero-order valence-electron chi connectivity index (χ0n) is 21.3. The van der Waals surface area contributed by atoms with Gasteiger partial charge in [0.2, 0.25) is 5.95 Å². The number of imidazole rings is 1. The molecular weight excluding hydrogens is 457 g/mol. The molecule has 1 aromatic heterocycles. The Kier molecular flexibility index (Phi) is 7.15. The van der Waals surface area contributed by atoms with Crippen molar-refractivity contribution in [1.82, 2.24) is 9.97 Å². The van der Waals surface area contributed by atoms with Gasteiger partial charge >= 0.3 is 0 Å². The summed E-state index contributed by atoms with van der Waals surface area (Å²) in [6.45, 7) is 10.3. The van der Waals surface area contributed by atoms with Gasteiger partial charge in [0.05, 0.1) is 30.3 Å². The maximum absolute atomic E-state index is 15.7. The molecule has 4 N–H and O–H groups in total. The van der Waals surface area contributed by atoms with Gasteiger partial charge in [-0.2, -0.15) is 0 Å². The summed E-state index contributed by atoms with van der Waals surface area (Å²) < 4.78 is 27.1. The van der Waals surface area contributed by atoms with Gasteiger partial charge in [0.15, 0.2) is 11.6 Å². The lowest BCUT2D eigenvalue weighted by molar-refractivity contribution is 0.228. The van der Waals surface area contributed by atoms with Crippen LogP contribution in [0.4, 0.5) is 16.0 Å². The summed E-state index contributed by atoms with van der Waals surface area (Å²) in [6.07, 6.45) is -0.193. The van der Waals surface area contributed by atoms with E-state index in [1.54, 1.807) is 24.3 Å². The molecule has 36 heavy (non-hydrogen) atoms. The fraction of sp³-hybridized carbons (Fsp3) is 0.286. The minimum Gasteiger partial charge on any atom is -0.494 e. The predicted molar refractivity (Wildman–Crippen MR) is 142 cm³/mol. The van der Waals surface area contributed by atoms with Crippen molar-refractivity contribution < 1.29 is 13.9 Å². The summed E-state index contributed by atoms with van der Waals surface area (Å²) >= 11 is 0. The first-order valence-corrected chi connectivity index (χ1v) is 12.0. The average molecular weight is 490 g/mol. The SMILES string of the molecule is CCOc1cc(CN(c2ccc(C(=N)N)cc2)c2nc3c(C)cc(C)cc3[nH]2)c(F)c(OC(C)C)c1. The normalized spacial score (nSPS) is 11.2. The van der Waals surface area contributed by atoms with E-state index in [0.29, 0.717) is 29.4 Å². The van der Waals surface area contributed by atoms with Crippen molar-refractivity contribution in [2.75, 3.05) is 11.5 Å². The molecule has 0 unspecified atom stereocenters. The van der Waals surface area contributed by atoms with E-state index in [1.165, 1.54) is 0 Å². The Bertz CT molecular complexity index is 1400. The van der Waals surface area contributed by atoms with Gasteiger partial charge in [0, 0.05) is 22.9 Å². The first kappa shape index (κ1) is 25.0. The van der Waals surface area contributed by atoms with Gasteiger partial charge in [0.25, 0.3) is 0 Å². The molecule has 0 saturated carbocycles. The van der Waals surface area contributed by atoms with Crippen molar-refractivity contribution in [1.29, 1.82) is 5.41 Å². The van der Waals surface area contributed by atoms with E-state index < -0.39 is 5.82 Å². The van der Waals surface area contributed by atoms with Crippen molar-refractivity contribution in [2.24, 2.45) is 5.73 Å². The third kappa shape index (κ3) is 5.27. The second-order valence-corrected chi connectivity index (χ2v) is 9.08. The van der Waals surface area contributed by atoms with Crippen LogP contribution in [-0.2, 0) is 6.54 Å². The highest BCUT2D eigenvalue weighted by atomic mass is 19.1. The Morgan fingerprint density at radius 2 is 1.86 bits per heavy atom. The lowest BCUT2D eigenvalue weighted by Crippen LogP contribution is -2.20. The minimum absolute atomic E-state index is 0.0196. The van der Waals surface area contributed by atoms with Crippen LogP contribution in [0.15, 0.2) is 48.5 Å². The van der Waals surface area contributed by atoms with Gasteiger partial charge < -0.3 is 25.1 Å². The highest BCUT2D eigenvalue weighted by Gasteiger charge is 2.21. The van der Waals surface area contributed by atoms with E-state index >= 15 is 4.39 Å². The lowest BCUT2D eigenvalue weighted by Gasteiger charge is -2.24. The second kappa shape index (κ2) is 10.3. The summed E-state index contributed by atoms with van der Waals surface area (Å²) in [5.41, 5.74) is 11.4. The molecule has 3 aromatic carbocycles.